The van der Waals surface area contributed by atoms with E-state index >= 15 is 0 Å². The highest BCUT2D eigenvalue weighted by Crippen LogP contribution is 2.15. The SMILES string of the molecule is COc1cccc(CNc2ccc(OCCO)nc2)c1. The van der Waals surface area contributed by atoms with E-state index in [1.165, 1.54) is 0 Å². The standard InChI is InChI=1S/C15H18N2O3/c1-19-14-4-2-3-12(9-14)10-16-13-5-6-15(17-11-13)20-8-7-18/h2-6,9,11,16,18H,7-8,10H2,1H3. The average molecular weight is 274 g/mol. The van der Waals surface area contributed by atoms with E-state index in [0.29, 0.717) is 12.4 Å². The third kappa shape index (κ3) is 4.13. The lowest BCUT2D eigenvalue weighted by Gasteiger charge is -2.08. The van der Waals surface area contributed by atoms with E-state index in [2.05, 4.69) is 10.3 Å². The summed E-state index contributed by atoms with van der Waals surface area (Å²) in [5.41, 5.74) is 2.04. The molecular weight excluding hydrogens is 256 g/mol. The quantitative estimate of drug-likeness (QED) is 0.809. The number of aromatic nitrogens is 1. The van der Waals surface area contributed by atoms with E-state index in [0.717, 1.165) is 17.0 Å². The predicted octanol–water partition coefficient (Wildman–Crippen LogP) is 2.07. The molecule has 0 aliphatic heterocycles. The van der Waals surface area contributed by atoms with Crippen LogP contribution in [0.15, 0.2) is 42.6 Å². The number of anilines is 1. The third-order valence-electron chi connectivity index (χ3n) is 2.71. The van der Waals surface area contributed by atoms with Crippen molar-refractivity contribution >= 4 is 5.69 Å². The van der Waals surface area contributed by atoms with Crippen molar-refractivity contribution in [2.45, 2.75) is 6.54 Å². The normalized spacial score (nSPS) is 10.1. The predicted molar refractivity (Wildman–Crippen MR) is 77.1 cm³/mol. The molecular formula is C15H18N2O3. The Morgan fingerprint density at radius 3 is 2.85 bits per heavy atom. The molecule has 0 amide bonds. The molecule has 0 aliphatic rings. The summed E-state index contributed by atoms with van der Waals surface area (Å²) >= 11 is 0. The Morgan fingerprint density at radius 1 is 1.25 bits per heavy atom. The van der Waals surface area contributed by atoms with Gasteiger partial charge in [0, 0.05) is 12.6 Å². The molecule has 0 spiro atoms. The van der Waals surface area contributed by atoms with Gasteiger partial charge < -0.3 is 19.9 Å². The van der Waals surface area contributed by atoms with Crippen molar-refractivity contribution in [3.05, 3.63) is 48.2 Å². The second-order valence-corrected chi connectivity index (χ2v) is 4.16. The Labute approximate surface area is 118 Å². The summed E-state index contributed by atoms with van der Waals surface area (Å²) in [5.74, 6) is 1.35. The molecule has 2 aromatic rings. The molecule has 0 radical (unpaired) electrons. The van der Waals surface area contributed by atoms with Gasteiger partial charge in [-0.2, -0.15) is 0 Å². The zero-order valence-corrected chi connectivity index (χ0v) is 11.4. The van der Waals surface area contributed by atoms with Crippen molar-refractivity contribution in [1.82, 2.24) is 4.98 Å². The van der Waals surface area contributed by atoms with Gasteiger partial charge in [0.2, 0.25) is 5.88 Å². The molecule has 0 saturated heterocycles. The van der Waals surface area contributed by atoms with Crippen LogP contribution in [0.25, 0.3) is 0 Å². The summed E-state index contributed by atoms with van der Waals surface area (Å²) in [6, 6.07) is 11.5. The van der Waals surface area contributed by atoms with E-state index in [9.17, 15) is 0 Å². The number of rotatable bonds is 7. The molecule has 0 fully saturated rings. The van der Waals surface area contributed by atoms with Gasteiger partial charge in [-0.1, -0.05) is 12.1 Å². The van der Waals surface area contributed by atoms with Crippen molar-refractivity contribution in [3.63, 3.8) is 0 Å². The van der Waals surface area contributed by atoms with Gasteiger partial charge in [0.05, 0.1) is 25.6 Å². The maximum Gasteiger partial charge on any atom is 0.213 e. The molecule has 5 nitrogen and oxygen atoms in total. The van der Waals surface area contributed by atoms with Crippen LogP contribution in [0, 0.1) is 0 Å². The Hall–Kier alpha value is -2.27. The van der Waals surface area contributed by atoms with Crippen LogP contribution < -0.4 is 14.8 Å². The monoisotopic (exact) mass is 274 g/mol. The molecule has 0 bridgehead atoms. The largest absolute Gasteiger partial charge is 0.497 e. The highest BCUT2D eigenvalue weighted by atomic mass is 16.5. The molecule has 1 aromatic carbocycles. The van der Waals surface area contributed by atoms with Crippen molar-refractivity contribution in [1.29, 1.82) is 0 Å². The first kappa shape index (κ1) is 14.1. The summed E-state index contributed by atoms with van der Waals surface area (Å²) < 4.78 is 10.4. The van der Waals surface area contributed by atoms with Crippen molar-refractivity contribution < 1.29 is 14.6 Å². The van der Waals surface area contributed by atoms with Crippen LogP contribution in [0.4, 0.5) is 5.69 Å². The summed E-state index contributed by atoms with van der Waals surface area (Å²) in [6.07, 6.45) is 1.70. The fourth-order valence-corrected chi connectivity index (χ4v) is 1.71. The van der Waals surface area contributed by atoms with Gasteiger partial charge in [-0.15, -0.1) is 0 Å². The second kappa shape index (κ2) is 7.35. The molecule has 1 heterocycles. The van der Waals surface area contributed by atoms with Crippen molar-refractivity contribution in [2.75, 3.05) is 25.6 Å². The highest BCUT2D eigenvalue weighted by molar-refractivity contribution is 5.43. The lowest BCUT2D eigenvalue weighted by Crippen LogP contribution is -2.04. The minimum absolute atomic E-state index is 0.0163. The first-order valence-electron chi connectivity index (χ1n) is 6.38. The van der Waals surface area contributed by atoms with Crippen molar-refractivity contribution in [2.24, 2.45) is 0 Å². The van der Waals surface area contributed by atoms with Crippen LogP contribution in [0.5, 0.6) is 11.6 Å². The zero-order chi connectivity index (χ0) is 14.2. The van der Waals surface area contributed by atoms with Crippen LogP contribution in [-0.2, 0) is 6.54 Å². The summed E-state index contributed by atoms with van der Waals surface area (Å²) in [7, 11) is 1.65. The minimum Gasteiger partial charge on any atom is -0.497 e. The molecule has 5 heteroatoms. The molecule has 0 aliphatic carbocycles. The first-order chi connectivity index (χ1) is 9.81. The molecule has 0 saturated carbocycles. The molecule has 1 aromatic heterocycles. The Bertz CT molecular complexity index is 529. The highest BCUT2D eigenvalue weighted by Gasteiger charge is 1.98. The molecule has 106 valence electrons. The number of benzene rings is 1. The van der Waals surface area contributed by atoms with Gasteiger partial charge in [0.15, 0.2) is 0 Å². The van der Waals surface area contributed by atoms with E-state index in [1.807, 2.05) is 30.3 Å². The third-order valence-corrected chi connectivity index (χ3v) is 2.71. The number of pyridine rings is 1. The first-order valence-corrected chi connectivity index (χ1v) is 6.38. The van der Waals surface area contributed by atoms with Crippen LogP contribution in [0.1, 0.15) is 5.56 Å². The van der Waals surface area contributed by atoms with Crippen LogP contribution in [0.2, 0.25) is 0 Å². The number of aliphatic hydroxyl groups excluding tert-OH is 1. The Morgan fingerprint density at radius 2 is 2.15 bits per heavy atom. The smallest absolute Gasteiger partial charge is 0.213 e. The van der Waals surface area contributed by atoms with Gasteiger partial charge in [-0.3, -0.25) is 0 Å². The maximum atomic E-state index is 8.66. The number of hydrogen-bond donors (Lipinski definition) is 2. The van der Waals surface area contributed by atoms with Crippen molar-refractivity contribution in [3.8, 4) is 11.6 Å². The molecule has 0 unspecified atom stereocenters. The number of hydrogen-bond acceptors (Lipinski definition) is 5. The van der Waals surface area contributed by atoms with Gasteiger partial charge in [0.25, 0.3) is 0 Å². The lowest BCUT2D eigenvalue weighted by molar-refractivity contribution is 0.196. The fourth-order valence-electron chi connectivity index (χ4n) is 1.71. The van der Waals surface area contributed by atoms with E-state index in [4.69, 9.17) is 14.6 Å². The zero-order valence-electron chi connectivity index (χ0n) is 11.4. The Balaban J connectivity index is 1.89. The fraction of sp³-hybridized carbons (Fsp3) is 0.267. The van der Waals surface area contributed by atoms with E-state index in [-0.39, 0.29) is 13.2 Å². The summed E-state index contributed by atoms with van der Waals surface area (Å²) in [4.78, 5) is 4.14. The second-order valence-electron chi connectivity index (χ2n) is 4.16. The summed E-state index contributed by atoms with van der Waals surface area (Å²) in [6.45, 7) is 0.927. The summed E-state index contributed by atoms with van der Waals surface area (Å²) in [5, 5.41) is 11.9. The molecule has 2 N–H and O–H groups in total. The van der Waals surface area contributed by atoms with Crippen LogP contribution >= 0.6 is 0 Å². The number of methoxy groups -OCH3 is 1. The van der Waals surface area contributed by atoms with E-state index < -0.39 is 0 Å². The van der Waals surface area contributed by atoms with Crippen LogP contribution in [0.3, 0.4) is 0 Å². The molecule has 2 rings (SSSR count). The lowest BCUT2D eigenvalue weighted by atomic mass is 10.2. The minimum atomic E-state index is -0.0163. The van der Waals surface area contributed by atoms with Gasteiger partial charge in [-0.25, -0.2) is 4.98 Å². The Kier molecular flexibility index (Phi) is 5.20. The number of ether oxygens (including phenoxy) is 2. The van der Waals surface area contributed by atoms with Gasteiger partial charge in [-0.05, 0) is 23.8 Å². The van der Waals surface area contributed by atoms with Crippen LogP contribution in [-0.4, -0.2) is 30.4 Å². The number of aliphatic hydroxyl groups is 1. The van der Waals surface area contributed by atoms with Gasteiger partial charge >= 0.3 is 0 Å². The number of nitrogens with one attached hydrogen (secondary N) is 1. The molecule has 0 atom stereocenters. The van der Waals surface area contributed by atoms with Gasteiger partial charge in [0.1, 0.15) is 12.4 Å². The maximum absolute atomic E-state index is 8.66. The topological polar surface area (TPSA) is 63.6 Å². The average Bonchev–Trinajstić information content (AvgIpc) is 2.52. The molecule has 20 heavy (non-hydrogen) atoms. The number of nitrogens with zero attached hydrogens (tertiary/aromatic N) is 1. The van der Waals surface area contributed by atoms with E-state index in [1.54, 1.807) is 19.4 Å².